The van der Waals surface area contributed by atoms with E-state index in [-0.39, 0.29) is 12.5 Å². The summed E-state index contributed by atoms with van der Waals surface area (Å²) in [6.45, 7) is 2.84. The van der Waals surface area contributed by atoms with Crippen LogP contribution in [0.3, 0.4) is 0 Å². The predicted octanol–water partition coefficient (Wildman–Crippen LogP) is 3.21. The maximum Gasteiger partial charge on any atom is 0.261 e. The molecule has 4 nitrogen and oxygen atoms in total. The topological polar surface area (TPSA) is 42.4 Å². The molecule has 120 valence electrons. The van der Waals surface area contributed by atoms with Crippen LogP contribution in [0.4, 0.5) is 0 Å². The van der Waals surface area contributed by atoms with Crippen molar-refractivity contribution >= 4 is 5.91 Å². The van der Waals surface area contributed by atoms with E-state index in [1.807, 2.05) is 41.3 Å². The number of nitrogens with zero attached hydrogens (tertiary/aromatic N) is 2. The van der Waals surface area contributed by atoms with Gasteiger partial charge < -0.3 is 9.64 Å². The fourth-order valence-electron chi connectivity index (χ4n) is 2.54. The van der Waals surface area contributed by atoms with E-state index in [2.05, 4.69) is 11.9 Å². The number of ether oxygens (including phenoxy) is 1. The van der Waals surface area contributed by atoms with Crippen LogP contribution >= 0.6 is 0 Å². The monoisotopic (exact) mass is 310 g/mol. The number of hydrogen-bond acceptors (Lipinski definition) is 3. The maximum atomic E-state index is 12.5. The van der Waals surface area contributed by atoms with Crippen LogP contribution < -0.4 is 4.74 Å². The van der Waals surface area contributed by atoms with Crippen LogP contribution in [-0.2, 0) is 17.8 Å². The van der Waals surface area contributed by atoms with Gasteiger partial charge in [0.2, 0.25) is 0 Å². The Balaban J connectivity index is 1.58. The van der Waals surface area contributed by atoms with Crippen molar-refractivity contribution in [3.8, 4) is 5.75 Å². The summed E-state index contributed by atoms with van der Waals surface area (Å²) >= 11 is 0. The van der Waals surface area contributed by atoms with Gasteiger partial charge in [-0.25, -0.2) is 0 Å². The summed E-state index contributed by atoms with van der Waals surface area (Å²) in [6, 6.07) is 12.2. The van der Waals surface area contributed by atoms with Crippen molar-refractivity contribution < 1.29 is 9.53 Å². The zero-order valence-corrected chi connectivity index (χ0v) is 13.4. The first-order chi connectivity index (χ1) is 11.3. The largest absolute Gasteiger partial charge is 0.484 e. The summed E-state index contributed by atoms with van der Waals surface area (Å²) in [4.78, 5) is 18.5. The van der Waals surface area contributed by atoms with Gasteiger partial charge in [-0.15, -0.1) is 0 Å². The van der Waals surface area contributed by atoms with Gasteiger partial charge in [-0.2, -0.15) is 0 Å². The van der Waals surface area contributed by atoms with E-state index in [9.17, 15) is 4.79 Å². The van der Waals surface area contributed by atoms with Crippen LogP contribution in [-0.4, -0.2) is 28.4 Å². The molecule has 0 spiro atoms. The first kappa shape index (κ1) is 15.5. The molecule has 1 fully saturated rings. The third kappa shape index (κ3) is 4.31. The van der Waals surface area contributed by atoms with E-state index in [1.54, 1.807) is 12.4 Å². The minimum Gasteiger partial charge on any atom is -0.484 e. The van der Waals surface area contributed by atoms with Crippen LogP contribution in [0.25, 0.3) is 0 Å². The van der Waals surface area contributed by atoms with Crippen LogP contribution in [0.2, 0.25) is 0 Å². The summed E-state index contributed by atoms with van der Waals surface area (Å²) in [7, 11) is 0. The van der Waals surface area contributed by atoms with Crippen LogP contribution in [0.15, 0.2) is 48.8 Å². The molecule has 0 bridgehead atoms. The molecule has 23 heavy (non-hydrogen) atoms. The van der Waals surface area contributed by atoms with E-state index < -0.39 is 0 Å². The molecule has 0 atom stereocenters. The molecule has 4 heteroatoms. The fraction of sp³-hybridized carbons (Fsp3) is 0.368. The average Bonchev–Trinajstić information content (AvgIpc) is 3.44. The number of carbonyl (C=O) groups is 1. The number of aryl methyl sites for hydroxylation is 1. The highest BCUT2D eigenvalue weighted by molar-refractivity contribution is 5.78. The first-order valence-electron chi connectivity index (χ1n) is 8.16. The number of rotatable bonds is 7. The van der Waals surface area contributed by atoms with E-state index >= 15 is 0 Å². The molecule has 1 amide bonds. The standard InChI is InChI=1S/C19H22N2O2/c1-2-15-3-7-18(8-4-15)23-14-19(22)21(17-5-6-17)13-16-9-11-20-12-10-16/h3-4,7-12,17H,2,5-6,13-14H2,1H3. The zero-order chi connectivity index (χ0) is 16.1. The van der Waals surface area contributed by atoms with Crippen LogP contribution in [0.1, 0.15) is 30.9 Å². The number of hydrogen-bond donors (Lipinski definition) is 0. The van der Waals surface area contributed by atoms with E-state index in [1.165, 1.54) is 5.56 Å². The van der Waals surface area contributed by atoms with Gasteiger partial charge in [-0.3, -0.25) is 9.78 Å². The summed E-state index contributed by atoms with van der Waals surface area (Å²) in [5.41, 5.74) is 2.37. The second-order valence-corrected chi connectivity index (χ2v) is 5.89. The molecule has 1 saturated carbocycles. The SMILES string of the molecule is CCc1ccc(OCC(=O)N(Cc2ccncc2)C2CC2)cc1. The van der Waals surface area contributed by atoms with Crippen LogP contribution in [0, 0.1) is 0 Å². The van der Waals surface area contributed by atoms with Crippen LogP contribution in [0.5, 0.6) is 5.75 Å². The molecule has 0 aliphatic heterocycles. The molecule has 0 N–H and O–H groups in total. The Morgan fingerprint density at radius 3 is 2.43 bits per heavy atom. The second-order valence-electron chi connectivity index (χ2n) is 5.89. The van der Waals surface area contributed by atoms with Crippen molar-refractivity contribution in [1.82, 2.24) is 9.88 Å². The highest BCUT2D eigenvalue weighted by Crippen LogP contribution is 2.28. The van der Waals surface area contributed by atoms with E-state index in [0.29, 0.717) is 12.6 Å². The molecular formula is C19H22N2O2. The Labute approximate surface area is 137 Å². The Hall–Kier alpha value is -2.36. The fourth-order valence-corrected chi connectivity index (χ4v) is 2.54. The Bertz CT molecular complexity index is 636. The molecule has 0 unspecified atom stereocenters. The summed E-state index contributed by atoms with van der Waals surface area (Å²) in [6.07, 6.45) is 6.69. The van der Waals surface area contributed by atoms with Gasteiger partial charge in [-0.1, -0.05) is 19.1 Å². The van der Waals surface area contributed by atoms with Crippen molar-refractivity contribution in [3.63, 3.8) is 0 Å². The Morgan fingerprint density at radius 1 is 1.13 bits per heavy atom. The first-order valence-corrected chi connectivity index (χ1v) is 8.16. The minimum absolute atomic E-state index is 0.0453. The van der Waals surface area contributed by atoms with Gasteiger partial charge in [-0.05, 0) is 54.7 Å². The van der Waals surface area contributed by atoms with Crippen molar-refractivity contribution in [3.05, 3.63) is 59.9 Å². The van der Waals surface area contributed by atoms with Crippen molar-refractivity contribution in [2.75, 3.05) is 6.61 Å². The van der Waals surface area contributed by atoms with Crippen molar-refractivity contribution in [2.24, 2.45) is 0 Å². The number of amides is 1. The third-order valence-electron chi connectivity index (χ3n) is 4.10. The Morgan fingerprint density at radius 2 is 1.83 bits per heavy atom. The highest BCUT2D eigenvalue weighted by Gasteiger charge is 2.32. The lowest BCUT2D eigenvalue weighted by Gasteiger charge is -2.22. The predicted molar refractivity (Wildman–Crippen MR) is 89.1 cm³/mol. The average molecular weight is 310 g/mol. The van der Waals surface area contributed by atoms with Crippen molar-refractivity contribution in [2.45, 2.75) is 38.8 Å². The van der Waals surface area contributed by atoms with Gasteiger partial charge in [0.25, 0.3) is 5.91 Å². The lowest BCUT2D eigenvalue weighted by molar-refractivity contribution is -0.134. The number of carbonyl (C=O) groups excluding carboxylic acids is 1. The zero-order valence-electron chi connectivity index (χ0n) is 13.4. The molecule has 1 aliphatic carbocycles. The molecule has 0 radical (unpaired) electrons. The molecule has 3 rings (SSSR count). The summed E-state index contributed by atoms with van der Waals surface area (Å²) < 4.78 is 5.66. The highest BCUT2D eigenvalue weighted by atomic mass is 16.5. The minimum atomic E-state index is 0.0453. The van der Waals surface area contributed by atoms with Gasteiger partial charge >= 0.3 is 0 Å². The summed E-state index contributed by atoms with van der Waals surface area (Å²) in [5.74, 6) is 0.791. The van der Waals surface area contributed by atoms with E-state index in [0.717, 1.165) is 30.6 Å². The Kier molecular flexibility index (Phi) is 4.91. The molecule has 2 aromatic rings. The second kappa shape index (κ2) is 7.27. The maximum absolute atomic E-state index is 12.5. The molecule has 1 aromatic heterocycles. The molecule has 1 aliphatic rings. The van der Waals surface area contributed by atoms with E-state index in [4.69, 9.17) is 4.74 Å². The third-order valence-corrected chi connectivity index (χ3v) is 4.10. The van der Waals surface area contributed by atoms with Gasteiger partial charge in [0.15, 0.2) is 6.61 Å². The lowest BCUT2D eigenvalue weighted by Crippen LogP contribution is -2.36. The molecular weight excluding hydrogens is 288 g/mol. The normalized spacial score (nSPS) is 13.6. The number of pyridine rings is 1. The summed E-state index contributed by atoms with van der Waals surface area (Å²) in [5, 5.41) is 0. The van der Waals surface area contributed by atoms with Gasteiger partial charge in [0.1, 0.15) is 5.75 Å². The quantitative estimate of drug-likeness (QED) is 0.788. The number of benzene rings is 1. The smallest absolute Gasteiger partial charge is 0.261 e. The number of aromatic nitrogens is 1. The van der Waals surface area contributed by atoms with Gasteiger partial charge in [0.05, 0.1) is 0 Å². The molecule has 1 aromatic carbocycles. The van der Waals surface area contributed by atoms with Gasteiger partial charge in [0, 0.05) is 25.0 Å². The molecule has 1 heterocycles. The molecule has 0 saturated heterocycles. The lowest BCUT2D eigenvalue weighted by atomic mass is 10.2. The van der Waals surface area contributed by atoms with Crippen molar-refractivity contribution in [1.29, 1.82) is 0 Å².